The summed E-state index contributed by atoms with van der Waals surface area (Å²) < 4.78 is 5.63. The van der Waals surface area contributed by atoms with E-state index >= 15 is 0 Å². The van der Waals surface area contributed by atoms with Gasteiger partial charge in [-0.15, -0.1) is 12.4 Å². The van der Waals surface area contributed by atoms with Crippen molar-refractivity contribution in [2.45, 2.75) is 45.6 Å². The summed E-state index contributed by atoms with van der Waals surface area (Å²) >= 11 is 0. The van der Waals surface area contributed by atoms with E-state index in [1.807, 2.05) is 24.0 Å². The Kier molecular flexibility index (Phi) is 7.86. The quantitative estimate of drug-likeness (QED) is 0.895. The van der Waals surface area contributed by atoms with Gasteiger partial charge in [-0.2, -0.15) is 0 Å². The monoisotopic (exact) mass is 340 g/mol. The molecule has 0 aromatic heterocycles. The van der Waals surface area contributed by atoms with E-state index < -0.39 is 0 Å². The highest BCUT2D eigenvalue weighted by atomic mass is 35.5. The van der Waals surface area contributed by atoms with Crippen LogP contribution in [0.25, 0.3) is 0 Å². The van der Waals surface area contributed by atoms with Gasteiger partial charge in [0.05, 0.1) is 0 Å². The third kappa shape index (κ3) is 5.70. The number of benzene rings is 1. The number of amides is 1. The Bertz CT molecular complexity index is 488. The Morgan fingerprint density at radius 2 is 1.96 bits per heavy atom. The Morgan fingerprint density at radius 1 is 1.30 bits per heavy atom. The molecule has 1 aromatic carbocycles. The summed E-state index contributed by atoms with van der Waals surface area (Å²) in [6.45, 7) is 8.01. The molecule has 130 valence electrons. The summed E-state index contributed by atoms with van der Waals surface area (Å²) in [7, 11) is 0. The molecule has 0 bridgehead atoms. The van der Waals surface area contributed by atoms with Crippen LogP contribution < -0.4 is 10.5 Å². The van der Waals surface area contributed by atoms with Gasteiger partial charge in [0, 0.05) is 19.1 Å². The smallest absolute Gasteiger partial charge is 0.260 e. The van der Waals surface area contributed by atoms with Gasteiger partial charge in [0.25, 0.3) is 5.91 Å². The minimum absolute atomic E-state index is 0. The third-order valence-electron chi connectivity index (χ3n) is 4.46. The number of hydrogen-bond donors (Lipinski definition) is 1. The van der Waals surface area contributed by atoms with Crippen LogP contribution in [0, 0.1) is 5.92 Å². The summed E-state index contributed by atoms with van der Waals surface area (Å²) in [5, 5.41) is 0. The molecule has 4 nitrogen and oxygen atoms in total. The number of halogens is 1. The van der Waals surface area contributed by atoms with Gasteiger partial charge in [0.15, 0.2) is 6.61 Å². The van der Waals surface area contributed by atoms with Gasteiger partial charge < -0.3 is 15.4 Å². The van der Waals surface area contributed by atoms with Gasteiger partial charge >= 0.3 is 0 Å². The minimum atomic E-state index is 0. The van der Waals surface area contributed by atoms with E-state index in [-0.39, 0.29) is 31.0 Å². The lowest BCUT2D eigenvalue weighted by Crippen LogP contribution is -2.46. The molecule has 2 unspecified atom stereocenters. The van der Waals surface area contributed by atoms with Crippen LogP contribution in [0.5, 0.6) is 5.75 Å². The van der Waals surface area contributed by atoms with Crippen LogP contribution in [0.1, 0.15) is 45.1 Å². The van der Waals surface area contributed by atoms with Gasteiger partial charge in [-0.25, -0.2) is 0 Å². The molecule has 1 heterocycles. The van der Waals surface area contributed by atoms with Crippen LogP contribution in [0.2, 0.25) is 0 Å². The average molecular weight is 341 g/mol. The van der Waals surface area contributed by atoms with Crippen molar-refractivity contribution in [1.82, 2.24) is 4.90 Å². The van der Waals surface area contributed by atoms with Crippen molar-refractivity contribution in [1.29, 1.82) is 0 Å². The van der Waals surface area contributed by atoms with Crippen molar-refractivity contribution in [2.24, 2.45) is 11.7 Å². The first kappa shape index (κ1) is 19.8. The molecule has 1 saturated heterocycles. The zero-order valence-corrected chi connectivity index (χ0v) is 15.1. The predicted molar refractivity (Wildman–Crippen MR) is 96.2 cm³/mol. The molecular formula is C18H29ClN2O2. The number of ether oxygens (including phenoxy) is 1. The van der Waals surface area contributed by atoms with Gasteiger partial charge in [-0.3, -0.25) is 4.79 Å². The first-order chi connectivity index (χ1) is 10.5. The molecule has 2 atom stereocenters. The van der Waals surface area contributed by atoms with Crippen LogP contribution in [-0.4, -0.2) is 36.5 Å². The van der Waals surface area contributed by atoms with Crippen molar-refractivity contribution < 1.29 is 9.53 Å². The van der Waals surface area contributed by atoms with E-state index in [4.69, 9.17) is 10.5 Å². The Labute approximate surface area is 145 Å². The molecule has 23 heavy (non-hydrogen) atoms. The van der Waals surface area contributed by atoms with E-state index in [1.54, 1.807) is 0 Å². The van der Waals surface area contributed by atoms with Crippen LogP contribution in [-0.2, 0) is 4.79 Å². The second-order valence-corrected chi connectivity index (χ2v) is 6.61. The minimum Gasteiger partial charge on any atom is -0.484 e. The highest BCUT2D eigenvalue weighted by Gasteiger charge is 2.25. The first-order valence-electron chi connectivity index (χ1n) is 8.23. The maximum Gasteiger partial charge on any atom is 0.260 e. The molecule has 2 N–H and O–H groups in total. The lowest BCUT2D eigenvalue weighted by molar-refractivity contribution is -0.135. The highest BCUT2D eigenvalue weighted by Crippen LogP contribution is 2.20. The number of likely N-dealkylation sites (tertiary alicyclic amines) is 1. The fourth-order valence-electron chi connectivity index (χ4n) is 2.85. The number of carbonyl (C=O) groups is 1. The predicted octanol–water partition coefficient (Wildman–Crippen LogP) is 3.20. The molecule has 0 spiro atoms. The topological polar surface area (TPSA) is 55.6 Å². The summed E-state index contributed by atoms with van der Waals surface area (Å²) in [5.41, 5.74) is 7.24. The summed E-state index contributed by atoms with van der Waals surface area (Å²) in [6, 6.07) is 8.11. The van der Waals surface area contributed by atoms with E-state index in [1.165, 1.54) is 5.56 Å². The van der Waals surface area contributed by atoms with Crippen molar-refractivity contribution in [2.75, 3.05) is 19.7 Å². The number of nitrogens with zero attached hydrogens (tertiary/aromatic N) is 1. The van der Waals surface area contributed by atoms with Crippen LogP contribution in [0.3, 0.4) is 0 Å². The van der Waals surface area contributed by atoms with E-state index in [0.717, 1.165) is 31.7 Å². The SMILES string of the molecule is CC(C)c1ccc(OCC(=O)N2CCCC(C(C)N)C2)cc1.Cl. The first-order valence-corrected chi connectivity index (χ1v) is 8.23. The molecule has 5 heteroatoms. The van der Waals surface area contributed by atoms with Crippen LogP contribution in [0.4, 0.5) is 0 Å². The number of carbonyl (C=O) groups excluding carboxylic acids is 1. The maximum atomic E-state index is 12.3. The Hall–Kier alpha value is -1.26. The summed E-state index contributed by atoms with van der Waals surface area (Å²) in [6.07, 6.45) is 2.14. The number of rotatable bonds is 5. The third-order valence-corrected chi connectivity index (χ3v) is 4.46. The second kappa shape index (κ2) is 9.14. The second-order valence-electron chi connectivity index (χ2n) is 6.61. The highest BCUT2D eigenvalue weighted by molar-refractivity contribution is 5.85. The molecule has 1 aromatic rings. The number of hydrogen-bond acceptors (Lipinski definition) is 3. The molecule has 0 saturated carbocycles. The molecule has 1 amide bonds. The Balaban J connectivity index is 0.00000264. The zero-order chi connectivity index (χ0) is 16.1. The molecule has 0 radical (unpaired) electrons. The fraction of sp³-hybridized carbons (Fsp3) is 0.611. The molecule has 0 aliphatic carbocycles. The lowest BCUT2D eigenvalue weighted by Gasteiger charge is -2.34. The maximum absolute atomic E-state index is 12.3. The van der Waals surface area contributed by atoms with Gasteiger partial charge in [0.1, 0.15) is 5.75 Å². The van der Waals surface area contributed by atoms with Crippen molar-refractivity contribution in [3.8, 4) is 5.75 Å². The molecule has 1 aliphatic heterocycles. The standard InChI is InChI=1S/C18H28N2O2.ClH/c1-13(2)15-6-8-17(9-7-15)22-12-18(21)20-10-4-5-16(11-20)14(3)19;/h6-9,13-14,16H,4-5,10-12,19H2,1-3H3;1H. The van der Waals surface area contributed by atoms with Gasteiger partial charge in [0.2, 0.25) is 0 Å². The van der Waals surface area contributed by atoms with Gasteiger partial charge in [-0.05, 0) is 49.3 Å². The number of piperidine rings is 1. The molecular weight excluding hydrogens is 312 g/mol. The summed E-state index contributed by atoms with van der Waals surface area (Å²) in [5.74, 6) is 1.71. The normalized spacial score (nSPS) is 19.2. The van der Waals surface area contributed by atoms with E-state index in [0.29, 0.717) is 11.8 Å². The Morgan fingerprint density at radius 3 is 2.52 bits per heavy atom. The van der Waals surface area contributed by atoms with Crippen LogP contribution in [0.15, 0.2) is 24.3 Å². The zero-order valence-electron chi connectivity index (χ0n) is 14.3. The molecule has 1 fully saturated rings. The van der Waals surface area contributed by atoms with E-state index in [2.05, 4.69) is 26.0 Å². The van der Waals surface area contributed by atoms with Crippen molar-refractivity contribution in [3.63, 3.8) is 0 Å². The summed E-state index contributed by atoms with van der Waals surface area (Å²) in [4.78, 5) is 14.2. The van der Waals surface area contributed by atoms with Crippen molar-refractivity contribution >= 4 is 18.3 Å². The largest absolute Gasteiger partial charge is 0.484 e. The molecule has 2 rings (SSSR count). The fourth-order valence-corrected chi connectivity index (χ4v) is 2.85. The average Bonchev–Trinajstić information content (AvgIpc) is 2.53. The lowest BCUT2D eigenvalue weighted by atomic mass is 9.92. The molecule has 1 aliphatic rings. The van der Waals surface area contributed by atoms with E-state index in [9.17, 15) is 4.79 Å². The van der Waals surface area contributed by atoms with Crippen molar-refractivity contribution in [3.05, 3.63) is 29.8 Å². The number of nitrogens with two attached hydrogens (primary N) is 1. The van der Waals surface area contributed by atoms with Gasteiger partial charge in [-0.1, -0.05) is 26.0 Å². The van der Waals surface area contributed by atoms with Crippen LogP contribution >= 0.6 is 12.4 Å².